The van der Waals surface area contributed by atoms with Gasteiger partial charge in [0, 0.05) is 24.8 Å². The average Bonchev–Trinajstić information content (AvgIpc) is 2.99. The van der Waals surface area contributed by atoms with Crippen LogP contribution in [0.3, 0.4) is 0 Å². The van der Waals surface area contributed by atoms with E-state index >= 15 is 0 Å². The Morgan fingerprint density at radius 1 is 1.17 bits per heavy atom. The Bertz CT molecular complexity index is 1060. The molecule has 1 aromatic carbocycles. The molecule has 0 radical (unpaired) electrons. The van der Waals surface area contributed by atoms with E-state index in [9.17, 15) is 13.2 Å². The number of rotatable bonds is 4. The molecule has 0 bridgehead atoms. The van der Waals surface area contributed by atoms with Crippen LogP contribution in [0.2, 0.25) is 0 Å². The molecular formula is C20H23N5O3S. The van der Waals surface area contributed by atoms with Gasteiger partial charge in [-0.2, -0.15) is 0 Å². The molecule has 1 saturated heterocycles. The smallest absolute Gasteiger partial charge is 0.263 e. The van der Waals surface area contributed by atoms with Crippen LogP contribution < -0.4 is 14.9 Å². The van der Waals surface area contributed by atoms with E-state index in [2.05, 4.69) is 24.9 Å². The van der Waals surface area contributed by atoms with E-state index in [1.54, 1.807) is 37.4 Å². The van der Waals surface area contributed by atoms with Crippen molar-refractivity contribution < 1.29 is 13.2 Å². The van der Waals surface area contributed by atoms with Gasteiger partial charge in [0.05, 0.1) is 10.6 Å². The van der Waals surface area contributed by atoms with Gasteiger partial charge in [-0.25, -0.2) is 13.4 Å². The minimum absolute atomic E-state index is 0.172. The first-order chi connectivity index (χ1) is 14.0. The molecule has 2 N–H and O–H groups in total. The van der Waals surface area contributed by atoms with Gasteiger partial charge in [-0.05, 0) is 50.5 Å². The molecular weight excluding hydrogens is 390 g/mol. The lowest BCUT2D eigenvalue weighted by molar-refractivity contribution is -0.117. The van der Waals surface area contributed by atoms with Crippen molar-refractivity contribution in [2.75, 3.05) is 23.3 Å². The monoisotopic (exact) mass is 413 g/mol. The quantitative estimate of drug-likeness (QED) is 0.799. The summed E-state index contributed by atoms with van der Waals surface area (Å²) < 4.78 is 26.9. The van der Waals surface area contributed by atoms with Gasteiger partial charge in [-0.1, -0.05) is 12.1 Å². The maximum atomic E-state index is 12.8. The number of fused-ring (bicyclic) bond motifs is 1. The van der Waals surface area contributed by atoms with E-state index in [4.69, 9.17) is 0 Å². The zero-order valence-electron chi connectivity index (χ0n) is 16.1. The van der Waals surface area contributed by atoms with Crippen molar-refractivity contribution in [2.24, 2.45) is 4.99 Å². The van der Waals surface area contributed by atoms with E-state index < -0.39 is 16.1 Å². The maximum absolute atomic E-state index is 12.8. The summed E-state index contributed by atoms with van der Waals surface area (Å²) in [5.41, 5.74) is 1.11. The third-order valence-corrected chi connectivity index (χ3v) is 6.46. The Hall–Kier alpha value is -2.94. The van der Waals surface area contributed by atoms with Crippen LogP contribution in [0.4, 0.5) is 11.5 Å². The highest BCUT2D eigenvalue weighted by Gasteiger charge is 2.31. The second-order valence-electron chi connectivity index (χ2n) is 7.17. The van der Waals surface area contributed by atoms with Crippen LogP contribution in [-0.2, 0) is 14.8 Å². The Labute approximate surface area is 170 Å². The molecule has 2 aliphatic rings. The third-order valence-electron chi connectivity index (χ3n) is 5.07. The minimum Gasteiger partial charge on any atom is -0.355 e. The summed E-state index contributed by atoms with van der Waals surface area (Å²) in [4.78, 5) is 23.9. The molecule has 0 spiro atoms. The average molecular weight is 414 g/mol. The summed E-state index contributed by atoms with van der Waals surface area (Å²) in [5.74, 6) is 0.616. The highest BCUT2D eigenvalue weighted by Crippen LogP contribution is 2.26. The summed E-state index contributed by atoms with van der Waals surface area (Å²) >= 11 is 0. The summed E-state index contributed by atoms with van der Waals surface area (Å²) in [7, 11) is -3.64. The molecule has 8 nitrogen and oxygen atoms in total. The van der Waals surface area contributed by atoms with E-state index in [0.29, 0.717) is 11.3 Å². The normalized spacial score (nSPS) is 20.0. The summed E-state index contributed by atoms with van der Waals surface area (Å²) in [5, 5.41) is 2.90. The largest absolute Gasteiger partial charge is 0.355 e. The number of benzene rings is 1. The second-order valence-corrected chi connectivity index (χ2v) is 8.82. The minimum atomic E-state index is -3.64. The van der Waals surface area contributed by atoms with Gasteiger partial charge in [0.1, 0.15) is 11.9 Å². The predicted molar refractivity (Wildman–Crippen MR) is 112 cm³/mol. The lowest BCUT2D eigenvalue weighted by Gasteiger charge is -2.29. The van der Waals surface area contributed by atoms with E-state index in [1.165, 1.54) is 12.5 Å². The number of aromatic nitrogens is 1. The fourth-order valence-corrected chi connectivity index (χ4v) is 4.81. The molecule has 2 aliphatic heterocycles. The van der Waals surface area contributed by atoms with E-state index in [-0.39, 0.29) is 16.6 Å². The van der Waals surface area contributed by atoms with Gasteiger partial charge in [0.2, 0.25) is 5.91 Å². The Balaban J connectivity index is 1.54. The maximum Gasteiger partial charge on any atom is 0.263 e. The number of anilines is 2. The van der Waals surface area contributed by atoms with Crippen molar-refractivity contribution in [1.82, 2.24) is 9.71 Å². The highest BCUT2D eigenvalue weighted by atomic mass is 32.2. The molecule has 3 heterocycles. The van der Waals surface area contributed by atoms with Crippen molar-refractivity contribution in [2.45, 2.75) is 37.1 Å². The van der Waals surface area contributed by atoms with Crippen LogP contribution in [0, 0.1) is 0 Å². The van der Waals surface area contributed by atoms with Crippen molar-refractivity contribution >= 4 is 33.3 Å². The first kappa shape index (κ1) is 19.4. The summed E-state index contributed by atoms with van der Waals surface area (Å²) in [6.45, 7) is 3.46. The Morgan fingerprint density at radius 3 is 2.72 bits per heavy atom. The first-order valence-electron chi connectivity index (χ1n) is 9.66. The van der Waals surface area contributed by atoms with E-state index in [0.717, 1.165) is 31.7 Å². The summed E-state index contributed by atoms with van der Waals surface area (Å²) in [6, 6.07) is 9.40. The highest BCUT2D eigenvalue weighted by molar-refractivity contribution is 7.90. The molecule has 0 unspecified atom stereocenters. The molecule has 1 atom stereocenters. The fourth-order valence-electron chi connectivity index (χ4n) is 3.57. The van der Waals surface area contributed by atoms with Crippen molar-refractivity contribution in [1.29, 1.82) is 0 Å². The molecule has 152 valence electrons. The van der Waals surface area contributed by atoms with Crippen molar-refractivity contribution in [3.63, 3.8) is 0 Å². The van der Waals surface area contributed by atoms with Gasteiger partial charge in [-0.3, -0.25) is 14.5 Å². The van der Waals surface area contributed by atoms with Crippen LogP contribution in [0.25, 0.3) is 0 Å². The summed E-state index contributed by atoms with van der Waals surface area (Å²) in [6.07, 6.45) is 5.13. The lowest BCUT2D eigenvalue weighted by Crippen LogP contribution is -2.32. The molecule has 9 heteroatoms. The standard InChI is InChI=1S/C20H23N5O3S/c1-14(22-18-15-8-3-4-10-17(15)29(27,28)24-18)20(26)23-16-9-7-11-21-19(16)25-12-5-2-6-13-25/h3-4,7-11,14H,2,5-6,12-13H2,1H3,(H,22,24)(H,23,26)/t14-/m0/s1. The molecule has 4 rings (SSSR count). The van der Waals surface area contributed by atoms with Crippen molar-refractivity contribution in [3.8, 4) is 0 Å². The molecule has 1 amide bonds. The number of carbonyl (C=O) groups is 1. The number of amidine groups is 1. The van der Waals surface area contributed by atoms with Crippen LogP contribution in [-0.4, -0.2) is 44.3 Å². The van der Waals surface area contributed by atoms with Crippen LogP contribution in [0.5, 0.6) is 0 Å². The van der Waals surface area contributed by atoms with Gasteiger partial charge in [0.15, 0.2) is 5.82 Å². The molecule has 0 aliphatic carbocycles. The molecule has 1 aromatic heterocycles. The predicted octanol–water partition coefficient (Wildman–Crippen LogP) is 2.14. The molecule has 0 saturated carbocycles. The number of nitrogens with zero attached hydrogens (tertiary/aromatic N) is 3. The third kappa shape index (κ3) is 3.95. The number of hydrogen-bond acceptors (Lipinski definition) is 6. The number of hydrogen-bond donors (Lipinski definition) is 2. The number of aliphatic imine (C=N–C) groups is 1. The lowest BCUT2D eigenvalue weighted by atomic mass is 10.1. The van der Waals surface area contributed by atoms with Crippen molar-refractivity contribution in [3.05, 3.63) is 48.2 Å². The zero-order chi connectivity index (χ0) is 20.4. The van der Waals surface area contributed by atoms with Gasteiger partial charge >= 0.3 is 0 Å². The van der Waals surface area contributed by atoms with Crippen LogP contribution in [0.15, 0.2) is 52.5 Å². The Morgan fingerprint density at radius 2 is 1.93 bits per heavy atom. The second kappa shape index (κ2) is 7.82. The number of carbonyl (C=O) groups excluding carboxylic acids is 1. The molecule has 2 aromatic rings. The number of amides is 1. The van der Waals surface area contributed by atoms with Gasteiger partial charge in [0.25, 0.3) is 10.0 Å². The molecule has 1 fully saturated rings. The first-order valence-corrected chi connectivity index (χ1v) is 11.1. The van der Waals surface area contributed by atoms with Crippen LogP contribution >= 0.6 is 0 Å². The van der Waals surface area contributed by atoms with E-state index in [1.807, 2.05) is 6.07 Å². The number of sulfonamides is 1. The molecule has 29 heavy (non-hydrogen) atoms. The van der Waals surface area contributed by atoms with Gasteiger partial charge in [-0.15, -0.1) is 0 Å². The van der Waals surface area contributed by atoms with Gasteiger partial charge < -0.3 is 10.2 Å². The Kier molecular flexibility index (Phi) is 5.23. The SMILES string of the molecule is C[C@H](N=C1NS(=O)(=O)c2ccccc21)C(=O)Nc1cccnc1N1CCCCC1. The number of pyridine rings is 1. The number of nitrogens with one attached hydrogen (secondary N) is 2. The fraction of sp³-hybridized carbons (Fsp3) is 0.350. The topological polar surface area (TPSA) is 104 Å². The van der Waals surface area contributed by atoms with Crippen LogP contribution in [0.1, 0.15) is 31.7 Å². The zero-order valence-corrected chi connectivity index (χ0v) is 16.9. The number of piperidine rings is 1.